The van der Waals surface area contributed by atoms with E-state index in [-0.39, 0.29) is 11.9 Å². The molecule has 122 valence electrons. The van der Waals surface area contributed by atoms with Crippen LogP contribution in [0.2, 0.25) is 5.02 Å². The predicted molar refractivity (Wildman–Crippen MR) is 94.4 cm³/mol. The number of aryl methyl sites for hydroxylation is 1. The van der Waals surface area contributed by atoms with Crippen LogP contribution < -0.4 is 0 Å². The highest BCUT2D eigenvalue weighted by molar-refractivity contribution is 6.30. The SMILES string of the molecule is Cc1nc2ccc(Cl)cn2c1C(=O)N1CCCC1c1ccccc1. The molecule has 1 aromatic carbocycles. The smallest absolute Gasteiger partial charge is 0.273 e. The number of imidazole rings is 1. The van der Waals surface area contributed by atoms with E-state index in [0.717, 1.165) is 30.7 Å². The molecule has 1 aliphatic rings. The van der Waals surface area contributed by atoms with Crippen LogP contribution in [0.4, 0.5) is 0 Å². The molecule has 0 bridgehead atoms. The second-order valence-electron chi connectivity index (χ2n) is 6.19. The van der Waals surface area contributed by atoms with Crippen LogP contribution >= 0.6 is 11.6 Å². The second-order valence-corrected chi connectivity index (χ2v) is 6.63. The number of hydrogen-bond acceptors (Lipinski definition) is 2. The summed E-state index contributed by atoms with van der Waals surface area (Å²) in [6, 6.07) is 14.0. The molecule has 3 aromatic rings. The quantitative estimate of drug-likeness (QED) is 0.699. The number of aromatic nitrogens is 2. The molecule has 0 N–H and O–H groups in total. The van der Waals surface area contributed by atoms with Gasteiger partial charge in [-0.3, -0.25) is 9.20 Å². The summed E-state index contributed by atoms with van der Waals surface area (Å²) < 4.78 is 1.81. The molecule has 5 heteroatoms. The second kappa shape index (κ2) is 5.95. The van der Waals surface area contributed by atoms with Crippen molar-refractivity contribution in [2.24, 2.45) is 0 Å². The van der Waals surface area contributed by atoms with Gasteiger partial charge in [-0.1, -0.05) is 41.9 Å². The fraction of sp³-hybridized carbons (Fsp3) is 0.263. The van der Waals surface area contributed by atoms with Crippen molar-refractivity contribution in [2.75, 3.05) is 6.54 Å². The lowest BCUT2D eigenvalue weighted by atomic mass is 10.0. The number of amides is 1. The predicted octanol–water partition coefficient (Wildman–Crippen LogP) is 4.27. The van der Waals surface area contributed by atoms with Gasteiger partial charge >= 0.3 is 0 Å². The van der Waals surface area contributed by atoms with Crippen molar-refractivity contribution in [1.29, 1.82) is 0 Å². The maximum atomic E-state index is 13.3. The number of nitrogens with zero attached hydrogens (tertiary/aromatic N) is 3. The van der Waals surface area contributed by atoms with Gasteiger partial charge in [-0.25, -0.2) is 4.98 Å². The average Bonchev–Trinajstić information content (AvgIpc) is 3.19. The third kappa shape index (κ3) is 2.47. The Balaban J connectivity index is 1.76. The van der Waals surface area contributed by atoms with Crippen molar-refractivity contribution < 1.29 is 4.79 Å². The highest BCUT2D eigenvalue weighted by Gasteiger charge is 2.32. The molecule has 1 unspecified atom stereocenters. The van der Waals surface area contributed by atoms with Crippen molar-refractivity contribution in [2.45, 2.75) is 25.8 Å². The van der Waals surface area contributed by atoms with Crippen molar-refractivity contribution in [3.8, 4) is 0 Å². The van der Waals surface area contributed by atoms with Crippen LogP contribution in [0.3, 0.4) is 0 Å². The maximum Gasteiger partial charge on any atom is 0.273 e. The van der Waals surface area contributed by atoms with Crippen molar-refractivity contribution in [1.82, 2.24) is 14.3 Å². The van der Waals surface area contributed by atoms with Gasteiger partial charge in [0.2, 0.25) is 0 Å². The van der Waals surface area contributed by atoms with Crippen LogP contribution in [-0.2, 0) is 0 Å². The first-order valence-electron chi connectivity index (χ1n) is 8.15. The first-order valence-corrected chi connectivity index (χ1v) is 8.53. The standard InChI is InChI=1S/C19H18ClN3O/c1-13-18(23-12-15(20)9-10-17(23)21-13)19(24)22-11-5-8-16(22)14-6-3-2-4-7-14/h2-4,6-7,9-10,12,16H,5,8,11H2,1H3. The Labute approximate surface area is 145 Å². The molecule has 1 saturated heterocycles. The normalized spacial score (nSPS) is 17.6. The molecule has 3 heterocycles. The van der Waals surface area contributed by atoms with Crippen molar-refractivity contribution in [3.63, 3.8) is 0 Å². The lowest BCUT2D eigenvalue weighted by Gasteiger charge is -2.25. The number of carbonyl (C=O) groups excluding carboxylic acids is 1. The first-order chi connectivity index (χ1) is 11.6. The summed E-state index contributed by atoms with van der Waals surface area (Å²) >= 11 is 6.12. The Morgan fingerprint density at radius 1 is 1.21 bits per heavy atom. The molecule has 24 heavy (non-hydrogen) atoms. The van der Waals surface area contributed by atoms with E-state index in [0.29, 0.717) is 10.7 Å². The van der Waals surface area contributed by atoms with E-state index in [1.54, 1.807) is 16.7 Å². The number of benzene rings is 1. The van der Waals surface area contributed by atoms with Gasteiger partial charge in [0, 0.05) is 12.7 Å². The van der Waals surface area contributed by atoms with E-state index in [4.69, 9.17) is 11.6 Å². The highest BCUT2D eigenvalue weighted by Crippen LogP contribution is 2.33. The molecule has 1 atom stereocenters. The summed E-state index contributed by atoms with van der Waals surface area (Å²) in [5, 5.41) is 0.593. The van der Waals surface area contributed by atoms with Gasteiger partial charge in [0.05, 0.1) is 16.8 Å². The van der Waals surface area contributed by atoms with Crippen LogP contribution in [0.5, 0.6) is 0 Å². The molecule has 1 amide bonds. The molecular weight excluding hydrogens is 322 g/mol. The van der Waals surface area contributed by atoms with Gasteiger partial charge in [-0.15, -0.1) is 0 Å². The third-order valence-electron chi connectivity index (χ3n) is 4.66. The number of hydrogen-bond donors (Lipinski definition) is 0. The van der Waals surface area contributed by atoms with Crippen LogP contribution in [-0.4, -0.2) is 26.7 Å². The molecule has 0 spiro atoms. The Morgan fingerprint density at radius 2 is 2.00 bits per heavy atom. The fourth-order valence-corrected chi connectivity index (χ4v) is 3.72. The Hall–Kier alpha value is -2.33. The fourth-order valence-electron chi connectivity index (χ4n) is 3.56. The molecule has 2 aromatic heterocycles. The number of carbonyl (C=O) groups is 1. The molecule has 1 aliphatic heterocycles. The van der Waals surface area contributed by atoms with Gasteiger partial charge in [0.1, 0.15) is 11.3 Å². The van der Waals surface area contributed by atoms with Crippen LogP contribution in [0.1, 0.15) is 40.6 Å². The minimum absolute atomic E-state index is 0.0219. The minimum Gasteiger partial charge on any atom is -0.330 e. The van der Waals surface area contributed by atoms with E-state index < -0.39 is 0 Å². The molecule has 4 nitrogen and oxygen atoms in total. The third-order valence-corrected chi connectivity index (χ3v) is 4.88. The zero-order chi connectivity index (χ0) is 16.7. The topological polar surface area (TPSA) is 37.6 Å². The van der Waals surface area contributed by atoms with E-state index in [1.807, 2.05) is 36.1 Å². The molecule has 1 fully saturated rings. The average molecular weight is 340 g/mol. The molecule has 4 rings (SSSR count). The lowest BCUT2D eigenvalue weighted by molar-refractivity contribution is 0.0728. The molecule has 0 radical (unpaired) electrons. The lowest BCUT2D eigenvalue weighted by Crippen LogP contribution is -2.31. The van der Waals surface area contributed by atoms with Gasteiger partial charge in [-0.2, -0.15) is 0 Å². The van der Waals surface area contributed by atoms with Crippen molar-refractivity contribution >= 4 is 23.2 Å². The summed E-state index contributed by atoms with van der Waals surface area (Å²) in [6.07, 6.45) is 3.77. The van der Waals surface area contributed by atoms with Gasteiger partial charge in [-0.05, 0) is 37.5 Å². The van der Waals surface area contributed by atoms with Crippen molar-refractivity contribution in [3.05, 3.63) is 70.6 Å². The largest absolute Gasteiger partial charge is 0.330 e. The number of rotatable bonds is 2. The van der Waals surface area contributed by atoms with E-state index in [1.165, 1.54) is 5.56 Å². The summed E-state index contributed by atoms with van der Waals surface area (Å²) in [5.74, 6) is 0.0219. The van der Waals surface area contributed by atoms with Gasteiger partial charge in [0.25, 0.3) is 5.91 Å². The monoisotopic (exact) mass is 339 g/mol. The number of likely N-dealkylation sites (tertiary alicyclic amines) is 1. The minimum atomic E-state index is 0.0219. The summed E-state index contributed by atoms with van der Waals surface area (Å²) in [4.78, 5) is 19.7. The number of fused-ring (bicyclic) bond motifs is 1. The van der Waals surface area contributed by atoms with Crippen LogP contribution in [0.15, 0.2) is 48.7 Å². The zero-order valence-electron chi connectivity index (χ0n) is 13.4. The summed E-state index contributed by atoms with van der Waals surface area (Å²) in [6.45, 7) is 2.65. The summed E-state index contributed by atoms with van der Waals surface area (Å²) in [5.41, 5.74) is 3.28. The first kappa shape index (κ1) is 15.2. The van der Waals surface area contributed by atoms with E-state index in [2.05, 4.69) is 17.1 Å². The Morgan fingerprint density at radius 3 is 2.79 bits per heavy atom. The number of halogens is 1. The molecule has 0 aliphatic carbocycles. The highest BCUT2D eigenvalue weighted by atomic mass is 35.5. The zero-order valence-corrected chi connectivity index (χ0v) is 14.2. The maximum absolute atomic E-state index is 13.3. The van der Waals surface area contributed by atoms with Crippen LogP contribution in [0, 0.1) is 6.92 Å². The van der Waals surface area contributed by atoms with Crippen LogP contribution in [0.25, 0.3) is 5.65 Å². The molecule has 0 saturated carbocycles. The van der Waals surface area contributed by atoms with E-state index >= 15 is 0 Å². The Bertz CT molecular complexity index is 904. The summed E-state index contributed by atoms with van der Waals surface area (Å²) in [7, 11) is 0. The van der Waals surface area contributed by atoms with Gasteiger partial charge in [0.15, 0.2) is 0 Å². The van der Waals surface area contributed by atoms with Gasteiger partial charge < -0.3 is 4.90 Å². The number of pyridine rings is 1. The van der Waals surface area contributed by atoms with E-state index in [9.17, 15) is 4.79 Å². The molecular formula is C19H18ClN3O. The Kier molecular flexibility index (Phi) is 3.77.